The number of nitrogens with two attached hydrogens (primary N) is 1. The van der Waals surface area contributed by atoms with Crippen LogP contribution in [0, 0.1) is 16.0 Å². The normalized spacial score (nSPS) is 17.9. The van der Waals surface area contributed by atoms with Crippen molar-refractivity contribution in [2.75, 3.05) is 23.4 Å². The fraction of sp³-hybridized carbons (Fsp3) is 0.636. The number of hydrazine groups is 1. The van der Waals surface area contributed by atoms with Crippen molar-refractivity contribution in [1.29, 1.82) is 0 Å². The molecule has 1 atom stereocenters. The number of nitrogens with one attached hydrogen (secondary N) is 1. The molecular formula is C11H18N6O3. The number of hydrogen-bond acceptors (Lipinski definition) is 8. The molecule has 0 radical (unpaired) electrons. The SMILES string of the molecule is CC(O)C1CCN(c2nc(NN)ncc2[N+](=O)[O-])CC1. The Labute approximate surface area is 115 Å². The molecule has 2 heterocycles. The molecule has 0 saturated carbocycles. The Balaban J connectivity index is 2.21. The smallest absolute Gasteiger partial charge is 0.329 e. The van der Waals surface area contributed by atoms with Crippen LogP contribution in [0.15, 0.2) is 6.20 Å². The van der Waals surface area contributed by atoms with Crippen molar-refractivity contribution in [3.63, 3.8) is 0 Å². The molecule has 1 unspecified atom stereocenters. The molecule has 2 rings (SSSR count). The fourth-order valence-electron chi connectivity index (χ4n) is 2.39. The van der Waals surface area contributed by atoms with Gasteiger partial charge in [0.15, 0.2) is 0 Å². The first-order valence-electron chi connectivity index (χ1n) is 6.44. The second-order valence-electron chi connectivity index (χ2n) is 4.87. The maximum atomic E-state index is 11.0. The van der Waals surface area contributed by atoms with Gasteiger partial charge in [-0.15, -0.1) is 0 Å². The maximum absolute atomic E-state index is 11.0. The highest BCUT2D eigenvalue weighted by Crippen LogP contribution is 2.30. The molecule has 9 heteroatoms. The zero-order chi connectivity index (χ0) is 14.7. The zero-order valence-electron chi connectivity index (χ0n) is 11.2. The summed E-state index contributed by atoms with van der Waals surface area (Å²) in [6, 6.07) is 0. The number of aliphatic hydroxyl groups excluding tert-OH is 1. The minimum atomic E-state index is -0.504. The van der Waals surface area contributed by atoms with Crippen molar-refractivity contribution < 1.29 is 10.0 Å². The predicted octanol–water partition coefficient (Wildman–Crippen LogP) is 0.268. The minimum absolute atomic E-state index is 0.139. The molecule has 1 aromatic rings. The highest BCUT2D eigenvalue weighted by atomic mass is 16.6. The number of hydrogen-bond donors (Lipinski definition) is 3. The number of piperidine rings is 1. The van der Waals surface area contributed by atoms with Gasteiger partial charge in [-0.1, -0.05) is 0 Å². The van der Waals surface area contributed by atoms with Gasteiger partial charge in [0.25, 0.3) is 0 Å². The third-order valence-corrected chi connectivity index (χ3v) is 3.60. The van der Waals surface area contributed by atoms with E-state index in [-0.39, 0.29) is 29.5 Å². The average molecular weight is 282 g/mol. The van der Waals surface area contributed by atoms with Crippen molar-refractivity contribution in [2.24, 2.45) is 11.8 Å². The molecule has 1 saturated heterocycles. The monoisotopic (exact) mass is 282 g/mol. The second-order valence-corrected chi connectivity index (χ2v) is 4.87. The zero-order valence-corrected chi connectivity index (χ0v) is 11.2. The lowest BCUT2D eigenvalue weighted by atomic mass is 9.92. The summed E-state index contributed by atoms with van der Waals surface area (Å²) in [5, 5.41) is 20.6. The summed E-state index contributed by atoms with van der Waals surface area (Å²) in [4.78, 5) is 20.2. The summed E-state index contributed by atoms with van der Waals surface area (Å²) in [5.74, 6) is 5.87. The van der Waals surface area contributed by atoms with Gasteiger partial charge in [0.1, 0.15) is 6.20 Å². The Kier molecular flexibility index (Phi) is 4.30. The van der Waals surface area contributed by atoms with Crippen molar-refractivity contribution in [3.05, 3.63) is 16.3 Å². The molecular weight excluding hydrogens is 264 g/mol. The summed E-state index contributed by atoms with van der Waals surface area (Å²) >= 11 is 0. The van der Waals surface area contributed by atoms with Crippen LogP contribution >= 0.6 is 0 Å². The molecule has 0 aromatic carbocycles. The van der Waals surface area contributed by atoms with E-state index in [0.717, 1.165) is 19.0 Å². The van der Waals surface area contributed by atoms with Gasteiger partial charge in [-0.3, -0.25) is 15.5 Å². The van der Waals surface area contributed by atoms with Gasteiger partial charge in [0.05, 0.1) is 11.0 Å². The van der Waals surface area contributed by atoms with E-state index in [1.165, 1.54) is 0 Å². The Morgan fingerprint density at radius 1 is 1.60 bits per heavy atom. The van der Waals surface area contributed by atoms with E-state index in [0.29, 0.717) is 13.1 Å². The molecule has 20 heavy (non-hydrogen) atoms. The van der Waals surface area contributed by atoms with E-state index in [1.807, 2.05) is 4.90 Å². The van der Waals surface area contributed by atoms with E-state index in [4.69, 9.17) is 5.84 Å². The minimum Gasteiger partial charge on any atom is -0.393 e. The topological polar surface area (TPSA) is 130 Å². The van der Waals surface area contributed by atoms with Gasteiger partial charge in [-0.05, 0) is 25.7 Å². The van der Waals surface area contributed by atoms with Gasteiger partial charge in [0, 0.05) is 13.1 Å². The first-order valence-corrected chi connectivity index (χ1v) is 6.44. The van der Waals surface area contributed by atoms with Crippen molar-refractivity contribution in [3.8, 4) is 0 Å². The van der Waals surface area contributed by atoms with Crippen LogP contribution < -0.4 is 16.2 Å². The molecule has 1 aliphatic rings. The van der Waals surface area contributed by atoms with Crippen LogP contribution in [-0.2, 0) is 0 Å². The number of aliphatic hydroxyl groups is 1. The van der Waals surface area contributed by atoms with Crippen LogP contribution in [0.5, 0.6) is 0 Å². The summed E-state index contributed by atoms with van der Waals surface area (Å²) in [5.41, 5.74) is 2.15. The Morgan fingerprint density at radius 3 is 2.75 bits per heavy atom. The average Bonchev–Trinajstić information content (AvgIpc) is 2.46. The number of nitrogen functional groups attached to an aromatic ring is 1. The highest BCUT2D eigenvalue weighted by Gasteiger charge is 2.28. The molecule has 1 aliphatic heterocycles. The second kappa shape index (κ2) is 5.97. The molecule has 0 aliphatic carbocycles. The first-order chi connectivity index (χ1) is 9.52. The van der Waals surface area contributed by atoms with Crippen LogP contribution in [-0.4, -0.2) is 39.2 Å². The van der Waals surface area contributed by atoms with Gasteiger partial charge in [-0.2, -0.15) is 4.98 Å². The standard InChI is InChI=1S/C11H18N6O3/c1-7(18)8-2-4-16(5-3-8)10-9(17(19)20)6-13-11(14-10)15-12/h6-8,18H,2-5,12H2,1H3,(H,13,14,15). The third kappa shape index (κ3) is 2.94. The lowest BCUT2D eigenvalue weighted by Gasteiger charge is -2.33. The molecule has 110 valence electrons. The van der Waals surface area contributed by atoms with Crippen molar-refractivity contribution >= 4 is 17.5 Å². The summed E-state index contributed by atoms with van der Waals surface area (Å²) in [7, 11) is 0. The summed E-state index contributed by atoms with van der Waals surface area (Å²) < 4.78 is 0. The first kappa shape index (κ1) is 14.4. The lowest BCUT2D eigenvalue weighted by molar-refractivity contribution is -0.384. The fourth-order valence-corrected chi connectivity index (χ4v) is 2.39. The molecule has 1 aromatic heterocycles. The Bertz CT molecular complexity index is 487. The van der Waals surface area contributed by atoms with Crippen molar-refractivity contribution in [2.45, 2.75) is 25.9 Å². The van der Waals surface area contributed by atoms with Crippen LogP contribution in [0.4, 0.5) is 17.5 Å². The van der Waals surface area contributed by atoms with E-state index >= 15 is 0 Å². The van der Waals surface area contributed by atoms with E-state index in [2.05, 4.69) is 15.4 Å². The summed E-state index contributed by atoms with van der Waals surface area (Å²) in [6.45, 7) is 2.98. The number of anilines is 2. The number of aromatic nitrogens is 2. The number of nitrogens with zero attached hydrogens (tertiary/aromatic N) is 4. The van der Waals surface area contributed by atoms with E-state index in [9.17, 15) is 15.2 Å². The molecule has 0 spiro atoms. The Morgan fingerprint density at radius 2 is 2.25 bits per heavy atom. The highest BCUT2D eigenvalue weighted by molar-refractivity contribution is 5.59. The van der Waals surface area contributed by atoms with Gasteiger partial charge < -0.3 is 10.0 Å². The molecule has 0 amide bonds. The van der Waals surface area contributed by atoms with E-state index < -0.39 is 4.92 Å². The molecule has 9 nitrogen and oxygen atoms in total. The number of rotatable bonds is 4. The lowest BCUT2D eigenvalue weighted by Crippen LogP contribution is -2.38. The third-order valence-electron chi connectivity index (χ3n) is 3.60. The van der Waals surface area contributed by atoms with E-state index in [1.54, 1.807) is 6.92 Å². The quantitative estimate of drug-likeness (QED) is 0.407. The van der Waals surface area contributed by atoms with Crippen LogP contribution in [0.25, 0.3) is 0 Å². The number of nitro groups is 1. The maximum Gasteiger partial charge on any atom is 0.329 e. The van der Waals surface area contributed by atoms with Crippen LogP contribution in [0.3, 0.4) is 0 Å². The largest absolute Gasteiger partial charge is 0.393 e. The predicted molar refractivity (Wildman–Crippen MR) is 73.1 cm³/mol. The molecule has 0 bridgehead atoms. The Hall–Kier alpha value is -2.00. The van der Waals surface area contributed by atoms with Crippen LogP contribution in [0.2, 0.25) is 0 Å². The van der Waals surface area contributed by atoms with Gasteiger partial charge in [0.2, 0.25) is 11.8 Å². The van der Waals surface area contributed by atoms with Gasteiger partial charge >= 0.3 is 5.69 Å². The van der Waals surface area contributed by atoms with Crippen LogP contribution in [0.1, 0.15) is 19.8 Å². The molecule has 4 N–H and O–H groups in total. The van der Waals surface area contributed by atoms with Crippen molar-refractivity contribution in [1.82, 2.24) is 9.97 Å². The molecule has 1 fully saturated rings. The summed E-state index contributed by atoms with van der Waals surface area (Å²) in [6.07, 6.45) is 2.32. The van der Waals surface area contributed by atoms with Gasteiger partial charge in [-0.25, -0.2) is 10.8 Å².